The summed E-state index contributed by atoms with van der Waals surface area (Å²) in [4.78, 5) is 17.5. The van der Waals surface area contributed by atoms with Gasteiger partial charge in [0.25, 0.3) is 0 Å². The topological polar surface area (TPSA) is 80.4 Å². The standard InChI is InChI=1S/C13H22N6O/c1-2-20-13-16-11(14)15-12(17-13)19-8-4-7-18-6-3-5-10(18)9-19/h10H,2-9H2,1H3,(H2,14,15,16,17). The number of nitrogens with two attached hydrogens (primary N) is 1. The highest BCUT2D eigenvalue weighted by molar-refractivity contribution is 5.36. The summed E-state index contributed by atoms with van der Waals surface area (Å²) in [7, 11) is 0. The van der Waals surface area contributed by atoms with Crippen molar-refractivity contribution in [3.05, 3.63) is 0 Å². The van der Waals surface area contributed by atoms with Gasteiger partial charge in [-0.2, -0.15) is 15.0 Å². The second kappa shape index (κ2) is 5.78. The number of rotatable bonds is 3. The predicted molar refractivity (Wildman–Crippen MR) is 76.8 cm³/mol. The lowest BCUT2D eigenvalue weighted by Gasteiger charge is -2.25. The molecular formula is C13H22N6O. The quantitative estimate of drug-likeness (QED) is 0.863. The van der Waals surface area contributed by atoms with E-state index in [9.17, 15) is 0 Å². The van der Waals surface area contributed by atoms with Gasteiger partial charge in [0.1, 0.15) is 0 Å². The number of aromatic nitrogens is 3. The zero-order valence-electron chi connectivity index (χ0n) is 12.0. The molecule has 1 unspecified atom stereocenters. The zero-order valence-corrected chi connectivity index (χ0v) is 12.0. The van der Waals surface area contributed by atoms with E-state index in [-0.39, 0.29) is 5.95 Å². The molecule has 2 fully saturated rings. The highest BCUT2D eigenvalue weighted by Crippen LogP contribution is 2.24. The molecule has 0 aromatic carbocycles. The molecule has 0 spiro atoms. The highest BCUT2D eigenvalue weighted by Gasteiger charge is 2.29. The summed E-state index contributed by atoms with van der Waals surface area (Å²) >= 11 is 0. The van der Waals surface area contributed by atoms with Crippen LogP contribution in [0.15, 0.2) is 0 Å². The molecule has 0 aliphatic carbocycles. The predicted octanol–water partition coefficient (Wildman–Crippen LogP) is 0.527. The third-order valence-corrected chi connectivity index (χ3v) is 3.98. The van der Waals surface area contributed by atoms with E-state index in [0.29, 0.717) is 24.6 Å². The summed E-state index contributed by atoms with van der Waals surface area (Å²) in [6, 6.07) is 0.938. The summed E-state index contributed by atoms with van der Waals surface area (Å²) < 4.78 is 5.36. The van der Waals surface area contributed by atoms with Crippen LogP contribution in [0.5, 0.6) is 6.01 Å². The van der Waals surface area contributed by atoms with Gasteiger partial charge in [-0.3, -0.25) is 4.90 Å². The van der Waals surface area contributed by atoms with Crippen LogP contribution < -0.4 is 15.4 Å². The summed E-state index contributed by atoms with van der Waals surface area (Å²) in [5.41, 5.74) is 5.76. The molecule has 7 nitrogen and oxygen atoms in total. The second-order valence-electron chi connectivity index (χ2n) is 5.34. The van der Waals surface area contributed by atoms with Crippen LogP contribution in [0, 0.1) is 0 Å². The Morgan fingerprint density at radius 1 is 1.20 bits per heavy atom. The number of ether oxygens (including phenoxy) is 1. The van der Waals surface area contributed by atoms with Crippen LogP contribution in [-0.4, -0.2) is 58.7 Å². The van der Waals surface area contributed by atoms with Crippen molar-refractivity contribution in [1.29, 1.82) is 0 Å². The van der Waals surface area contributed by atoms with Crippen molar-refractivity contribution in [2.75, 3.05) is 43.4 Å². The molecular weight excluding hydrogens is 256 g/mol. The van der Waals surface area contributed by atoms with Crippen molar-refractivity contribution in [3.8, 4) is 6.01 Å². The molecule has 2 aliphatic rings. The Bertz CT molecular complexity index is 468. The minimum atomic E-state index is 0.228. The molecule has 1 aromatic rings. The number of anilines is 2. The van der Waals surface area contributed by atoms with E-state index >= 15 is 0 Å². The largest absolute Gasteiger partial charge is 0.464 e. The molecule has 2 saturated heterocycles. The number of fused-ring (bicyclic) bond motifs is 1. The third-order valence-electron chi connectivity index (χ3n) is 3.98. The minimum Gasteiger partial charge on any atom is -0.464 e. The first-order chi connectivity index (χ1) is 9.76. The fourth-order valence-corrected chi connectivity index (χ4v) is 3.08. The summed E-state index contributed by atoms with van der Waals surface area (Å²) in [6.45, 7) is 6.75. The minimum absolute atomic E-state index is 0.228. The van der Waals surface area contributed by atoms with Gasteiger partial charge in [0.2, 0.25) is 11.9 Å². The second-order valence-corrected chi connectivity index (χ2v) is 5.34. The first-order valence-electron chi connectivity index (χ1n) is 7.39. The van der Waals surface area contributed by atoms with Gasteiger partial charge >= 0.3 is 6.01 Å². The monoisotopic (exact) mass is 278 g/mol. The molecule has 20 heavy (non-hydrogen) atoms. The van der Waals surface area contributed by atoms with Crippen molar-refractivity contribution in [2.45, 2.75) is 32.2 Å². The van der Waals surface area contributed by atoms with Crippen LogP contribution in [0.4, 0.5) is 11.9 Å². The Labute approximate surface area is 119 Å². The van der Waals surface area contributed by atoms with E-state index in [2.05, 4.69) is 24.8 Å². The smallest absolute Gasteiger partial charge is 0.323 e. The molecule has 0 amide bonds. The van der Waals surface area contributed by atoms with E-state index in [0.717, 1.165) is 19.5 Å². The Kier molecular flexibility index (Phi) is 3.86. The molecule has 2 N–H and O–H groups in total. The summed E-state index contributed by atoms with van der Waals surface area (Å²) in [5.74, 6) is 0.876. The van der Waals surface area contributed by atoms with Crippen LogP contribution in [0.25, 0.3) is 0 Å². The first kappa shape index (κ1) is 13.4. The van der Waals surface area contributed by atoms with E-state index in [1.807, 2.05) is 6.92 Å². The van der Waals surface area contributed by atoms with Crippen LogP contribution in [0.2, 0.25) is 0 Å². The van der Waals surface area contributed by atoms with Gasteiger partial charge in [-0.1, -0.05) is 0 Å². The van der Waals surface area contributed by atoms with E-state index in [4.69, 9.17) is 10.5 Å². The van der Waals surface area contributed by atoms with Gasteiger partial charge in [-0.05, 0) is 32.7 Å². The molecule has 0 saturated carbocycles. The van der Waals surface area contributed by atoms with Gasteiger partial charge in [-0.15, -0.1) is 0 Å². The maximum Gasteiger partial charge on any atom is 0.323 e. The summed E-state index contributed by atoms with van der Waals surface area (Å²) in [6.07, 6.45) is 3.68. The lowest BCUT2D eigenvalue weighted by atomic mass is 10.2. The summed E-state index contributed by atoms with van der Waals surface area (Å²) in [5, 5.41) is 0. The van der Waals surface area contributed by atoms with Crippen LogP contribution in [-0.2, 0) is 0 Å². The molecule has 0 radical (unpaired) electrons. The van der Waals surface area contributed by atoms with Gasteiger partial charge in [0.15, 0.2) is 0 Å². The average molecular weight is 278 g/mol. The Hall–Kier alpha value is -1.63. The average Bonchev–Trinajstić information content (AvgIpc) is 2.75. The first-order valence-corrected chi connectivity index (χ1v) is 7.39. The number of nitrogens with zero attached hydrogens (tertiary/aromatic N) is 5. The van der Waals surface area contributed by atoms with Gasteiger partial charge < -0.3 is 15.4 Å². The SMILES string of the molecule is CCOc1nc(N)nc(N2CCCN3CCCC3C2)n1. The molecule has 1 atom stereocenters. The van der Waals surface area contributed by atoms with E-state index in [1.165, 1.54) is 25.9 Å². The van der Waals surface area contributed by atoms with Gasteiger partial charge in [-0.25, -0.2) is 0 Å². The molecule has 2 aliphatic heterocycles. The molecule has 7 heteroatoms. The number of nitrogen functional groups attached to an aromatic ring is 1. The fourth-order valence-electron chi connectivity index (χ4n) is 3.08. The van der Waals surface area contributed by atoms with Gasteiger partial charge in [0, 0.05) is 25.7 Å². The van der Waals surface area contributed by atoms with Crippen molar-refractivity contribution in [2.24, 2.45) is 0 Å². The van der Waals surface area contributed by atoms with Crippen molar-refractivity contribution < 1.29 is 4.74 Å². The zero-order chi connectivity index (χ0) is 13.9. The van der Waals surface area contributed by atoms with Crippen molar-refractivity contribution in [1.82, 2.24) is 19.9 Å². The normalized spacial score (nSPS) is 23.4. The van der Waals surface area contributed by atoms with Gasteiger partial charge in [0.05, 0.1) is 6.61 Å². The maximum absolute atomic E-state index is 5.76. The van der Waals surface area contributed by atoms with Crippen LogP contribution >= 0.6 is 0 Å². The van der Waals surface area contributed by atoms with Crippen molar-refractivity contribution in [3.63, 3.8) is 0 Å². The molecule has 1 aromatic heterocycles. The van der Waals surface area contributed by atoms with Crippen LogP contribution in [0.3, 0.4) is 0 Å². The van der Waals surface area contributed by atoms with Crippen molar-refractivity contribution >= 4 is 11.9 Å². The number of hydrogen-bond donors (Lipinski definition) is 1. The van der Waals surface area contributed by atoms with Crippen LogP contribution in [0.1, 0.15) is 26.2 Å². The lowest BCUT2D eigenvalue weighted by Crippen LogP contribution is -2.37. The molecule has 3 heterocycles. The Morgan fingerprint density at radius 3 is 2.90 bits per heavy atom. The maximum atomic E-state index is 5.76. The molecule has 3 rings (SSSR count). The molecule has 0 bridgehead atoms. The van der Waals surface area contributed by atoms with E-state index in [1.54, 1.807) is 0 Å². The number of hydrogen-bond acceptors (Lipinski definition) is 7. The fraction of sp³-hybridized carbons (Fsp3) is 0.769. The third kappa shape index (κ3) is 2.77. The highest BCUT2D eigenvalue weighted by atomic mass is 16.5. The Balaban J connectivity index is 1.80. The molecule has 110 valence electrons. The lowest BCUT2D eigenvalue weighted by molar-refractivity contribution is 0.272. The van der Waals surface area contributed by atoms with E-state index < -0.39 is 0 Å². The Morgan fingerprint density at radius 2 is 2.05 bits per heavy atom.